The fraction of sp³-hybridized carbons (Fsp3) is 0.167. The minimum atomic E-state index is -0.515. The number of nitro groups is 1. The zero-order chi connectivity index (χ0) is 17.5. The van der Waals surface area contributed by atoms with Gasteiger partial charge in [-0.1, -0.05) is 18.2 Å². The van der Waals surface area contributed by atoms with Crippen LogP contribution in [-0.4, -0.2) is 17.4 Å². The van der Waals surface area contributed by atoms with Crippen molar-refractivity contribution < 1.29 is 14.5 Å². The number of aryl methyl sites for hydroxylation is 1. The average Bonchev–Trinajstić information content (AvgIpc) is 2.56. The van der Waals surface area contributed by atoms with Crippen LogP contribution in [0, 0.1) is 17.0 Å². The van der Waals surface area contributed by atoms with Gasteiger partial charge in [-0.15, -0.1) is 0 Å². The maximum absolute atomic E-state index is 12.0. The lowest BCUT2D eigenvalue weighted by molar-refractivity contribution is -0.384. The fourth-order valence-electron chi connectivity index (χ4n) is 2.09. The Morgan fingerprint density at radius 1 is 1.25 bits per heavy atom. The van der Waals surface area contributed by atoms with Gasteiger partial charge in [-0.2, -0.15) is 0 Å². The van der Waals surface area contributed by atoms with Crippen molar-refractivity contribution in [3.63, 3.8) is 0 Å². The molecule has 124 valence electrons. The van der Waals surface area contributed by atoms with Crippen molar-refractivity contribution in [1.29, 1.82) is 0 Å². The van der Waals surface area contributed by atoms with Gasteiger partial charge < -0.3 is 10.1 Å². The monoisotopic (exact) mass is 326 g/mol. The summed E-state index contributed by atoms with van der Waals surface area (Å²) < 4.78 is 5.34. The lowest BCUT2D eigenvalue weighted by Gasteiger charge is -2.04. The summed E-state index contributed by atoms with van der Waals surface area (Å²) in [5.74, 6) is 0.324. The highest BCUT2D eigenvalue weighted by Gasteiger charge is 2.14. The van der Waals surface area contributed by atoms with E-state index in [9.17, 15) is 14.9 Å². The Balaban J connectivity index is 2.06. The van der Waals surface area contributed by atoms with Gasteiger partial charge in [-0.05, 0) is 49.2 Å². The van der Waals surface area contributed by atoms with Crippen molar-refractivity contribution in [1.82, 2.24) is 0 Å². The molecule has 0 aliphatic carbocycles. The van der Waals surface area contributed by atoms with E-state index in [0.29, 0.717) is 6.61 Å². The molecule has 0 saturated heterocycles. The molecule has 0 aliphatic rings. The topological polar surface area (TPSA) is 81.5 Å². The molecule has 2 rings (SSSR count). The maximum Gasteiger partial charge on any atom is 0.293 e. The van der Waals surface area contributed by atoms with Crippen LogP contribution in [0.3, 0.4) is 0 Å². The molecular weight excluding hydrogens is 308 g/mol. The van der Waals surface area contributed by atoms with E-state index in [1.807, 2.05) is 31.2 Å². The van der Waals surface area contributed by atoms with Gasteiger partial charge in [-0.3, -0.25) is 14.9 Å². The van der Waals surface area contributed by atoms with E-state index < -0.39 is 10.8 Å². The number of amides is 1. The van der Waals surface area contributed by atoms with Gasteiger partial charge in [0.05, 0.1) is 11.5 Å². The van der Waals surface area contributed by atoms with Gasteiger partial charge in [0.2, 0.25) is 5.91 Å². The molecule has 0 heterocycles. The van der Waals surface area contributed by atoms with Gasteiger partial charge in [-0.25, -0.2) is 0 Å². The molecule has 0 atom stereocenters. The van der Waals surface area contributed by atoms with Gasteiger partial charge in [0, 0.05) is 12.1 Å². The largest absolute Gasteiger partial charge is 0.494 e. The van der Waals surface area contributed by atoms with Crippen molar-refractivity contribution in [2.45, 2.75) is 13.8 Å². The molecule has 1 amide bonds. The predicted octanol–water partition coefficient (Wildman–Crippen LogP) is 3.95. The number of rotatable bonds is 6. The first-order chi connectivity index (χ1) is 11.5. The first kappa shape index (κ1) is 17.2. The average molecular weight is 326 g/mol. The summed E-state index contributed by atoms with van der Waals surface area (Å²) >= 11 is 0. The van der Waals surface area contributed by atoms with E-state index in [0.717, 1.165) is 16.9 Å². The number of anilines is 1. The van der Waals surface area contributed by atoms with E-state index in [4.69, 9.17) is 4.74 Å². The normalized spacial score (nSPS) is 10.6. The summed E-state index contributed by atoms with van der Waals surface area (Å²) in [5.41, 5.74) is 1.63. The summed E-state index contributed by atoms with van der Waals surface area (Å²) in [5, 5.41) is 13.6. The number of nitro benzene ring substituents is 1. The molecule has 0 bridgehead atoms. The summed E-state index contributed by atoms with van der Waals surface area (Å²) in [4.78, 5) is 22.5. The molecule has 24 heavy (non-hydrogen) atoms. The second-order valence-electron chi connectivity index (χ2n) is 5.10. The molecule has 6 nitrogen and oxygen atoms in total. The summed E-state index contributed by atoms with van der Waals surface area (Å²) in [7, 11) is 0. The van der Waals surface area contributed by atoms with Crippen LogP contribution >= 0.6 is 0 Å². The minimum absolute atomic E-state index is 0.127. The van der Waals surface area contributed by atoms with E-state index in [1.54, 1.807) is 19.1 Å². The van der Waals surface area contributed by atoms with E-state index in [2.05, 4.69) is 5.32 Å². The van der Waals surface area contributed by atoms with Crippen LogP contribution in [0.25, 0.3) is 6.08 Å². The van der Waals surface area contributed by atoms with Crippen molar-refractivity contribution in [3.05, 3.63) is 69.8 Å². The van der Waals surface area contributed by atoms with Crippen LogP contribution in [-0.2, 0) is 4.79 Å². The third-order valence-corrected chi connectivity index (χ3v) is 3.23. The number of benzene rings is 2. The van der Waals surface area contributed by atoms with Gasteiger partial charge in [0.1, 0.15) is 11.4 Å². The summed E-state index contributed by atoms with van der Waals surface area (Å²) in [6.07, 6.45) is 2.96. The SMILES string of the molecule is CCOc1ccc(/C=C/C(=O)Nc2ccc(C)cc2[N+](=O)[O-])cc1. The van der Waals surface area contributed by atoms with Crippen molar-refractivity contribution in [2.75, 3.05) is 11.9 Å². The second-order valence-corrected chi connectivity index (χ2v) is 5.10. The number of carbonyl (C=O) groups excluding carboxylic acids is 1. The van der Waals surface area contributed by atoms with Crippen LogP contribution in [0.4, 0.5) is 11.4 Å². The van der Waals surface area contributed by atoms with Gasteiger partial charge in [0.25, 0.3) is 5.69 Å². The Hall–Kier alpha value is -3.15. The molecule has 0 fully saturated rings. The van der Waals surface area contributed by atoms with Gasteiger partial charge >= 0.3 is 0 Å². The lowest BCUT2D eigenvalue weighted by atomic mass is 10.2. The van der Waals surface area contributed by atoms with Gasteiger partial charge in [0.15, 0.2) is 0 Å². The van der Waals surface area contributed by atoms with E-state index in [1.165, 1.54) is 18.2 Å². The number of ether oxygens (including phenoxy) is 1. The first-order valence-electron chi connectivity index (χ1n) is 7.46. The van der Waals surface area contributed by atoms with Crippen molar-refractivity contribution in [3.8, 4) is 5.75 Å². The zero-order valence-corrected chi connectivity index (χ0v) is 13.5. The van der Waals surface area contributed by atoms with Crippen LogP contribution in [0.1, 0.15) is 18.1 Å². The smallest absolute Gasteiger partial charge is 0.293 e. The molecule has 6 heteroatoms. The quantitative estimate of drug-likeness (QED) is 0.495. The molecule has 2 aromatic rings. The number of hydrogen-bond acceptors (Lipinski definition) is 4. The van der Waals surface area contributed by atoms with Crippen LogP contribution in [0.5, 0.6) is 5.75 Å². The Kier molecular flexibility index (Phi) is 5.68. The molecule has 0 radical (unpaired) electrons. The van der Waals surface area contributed by atoms with Crippen molar-refractivity contribution >= 4 is 23.4 Å². The molecule has 1 N–H and O–H groups in total. The molecule has 0 aromatic heterocycles. The third-order valence-electron chi connectivity index (χ3n) is 3.23. The predicted molar refractivity (Wildman–Crippen MR) is 93.1 cm³/mol. The number of carbonyl (C=O) groups is 1. The molecule has 2 aromatic carbocycles. The number of hydrogen-bond donors (Lipinski definition) is 1. The van der Waals surface area contributed by atoms with Crippen LogP contribution in [0.15, 0.2) is 48.5 Å². The Morgan fingerprint density at radius 3 is 2.58 bits per heavy atom. The van der Waals surface area contributed by atoms with Crippen LogP contribution < -0.4 is 10.1 Å². The third kappa shape index (κ3) is 4.67. The molecule has 0 unspecified atom stereocenters. The highest BCUT2D eigenvalue weighted by molar-refractivity contribution is 6.03. The minimum Gasteiger partial charge on any atom is -0.494 e. The molecule has 0 aliphatic heterocycles. The molecular formula is C18H18N2O4. The van der Waals surface area contributed by atoms with E-state index in [-0.39, 0.29) is 11.4 Å². The summed E-state index contributed by atoms with van der Waals surface area (Å²) in [6.45, 7) is 4.25. The highest BCUT2D eigenvalue weighted by atomic mass is 16.6. The fourth-order valence-corrected chi connectivity index (χ4v) is 2.09. The Labute approximate surface area is 139 Å². The Morgan fingerprint density at radius 2 is 1.96 bits per heavy atom. The highest BCUT2D eigenvalue weighted by Crippen LogP contribution is 2.25. The maximum atomic E-state index is 12.0. The number of nitrogens with one attached hydrogen (secondary N) is 1. The molecule has 0 saturated carbocycles. The first-order valence-corrected chi connectivity index (χ1v) is 7.46. The molecule has 0 spiro atoms. The standard InChI is InChI=1S/C18H18N2O4/c1-3-24-15-8-5-14(6-9-15)7-11-18(21)19-16-10-4-13(2)12-17(16)20(22)23/h4-12H,3H2,1-2H3,(H,19,21)/b11-7+. The van der Waals surface area contributed by atoms with Crippen molar-refractivity contribution in [2.24, 2.45) is 0 Å². The lowest BCUT2D eigenvalue weighted by Crippen LogP contribution is -2.09. The van der Waals surface area contributed by atoms with Crippen LogP contribution in [0.2, 0.25) is 0 Å². The summed E-state index contributed by atoms with van der Waals surface area (Å²) in [6, 6.07) is 11.9. The van der Waals surface area contributed by atoms with E-state index >= 15 is 0 Å². The Bertz CT molecular complexity index is 767. The zero-order valence-electron chi connectivity index (χ0n) is 13.5. The second kappa shape index (κ2) is 7.92. The number of nitrogens with zero attached hydrogens (tertiary/aromatic N) is 1.